The van der Waals surface area contributed by atoms with Crippen LogP contribution in [0.2, 0.25) is 0 Å². The fourth-order valence-electron chi connectivity index (χ4n) is 2.43. The summed E-state index contributed by atoms with van der Waals surface area (Å²) in [6.45, 7) is 1.79. The maximum Gasteiger partial charge on any atom is 0.319 e. The first-order valence-electron chi connectivity index (χ1n) is 7.97. The Hall–Kier alpha value is -2.73. The van der Waals surface area contributed by atoms with E-state index in [9.17, 15) is 9.90 Å². The number of hydrogen-bond donors (Lipinski definition) is 3. The molecule has 1 atom stereocenters. The van der Waals surface area contributed by atoms with E-state index >= 15 is 0 Å². The smallest absolute Gasteiger partial charge is 0.319 e. The van der Waals surface area contributed by atoms with Gasteiger partial charge in [-0.3, -0.25) is 0 Å². The highest BCUT2D eigenvalue weighted by Crippen LogP contribution is 2.23. The number of carbonyl (C=O) groups is 1. The minimum Gasteiger partial charge on any atom is -0.497 e. The van der Waals surface area contributed by atoms with Crippen molar-refractivity contribution in [3.8, 4) is 11.5 Å². The van der Waals surface area contributed by atoms with Gasteiger partial charge in [0.1, 0.15) is 11.5 Å². The zero-order valence-electron chi connectivity index (χ0n) is 14.7. The third-order valence-corrected chi connectivity index (χ3v) is 3.73. The zero-order chi connectivity index (χ0) is 18.3. The molecule has 0 aromatic heterocycles. The summed E-state index contributed by atoms with van der Waals surface area (Å²) >= 11 is 0. The number of aliphatic hydroxyl groups is 1. The summed E-state index contributed by atoms with van der Waals surface area (Å²) in [6, 6.07) is 14.2. The number of para-hydroxylation sites is 2. The maximum atomic E-state index is 12.1. The molecule has 0 fully saturated rings. The highest BCUT2D eigenvalue weighted by Gasteiger charge is 2.22. The van der Waals surface area contributed by atoms with Gasteiger partial charge in [-0.2, -0.15) is 0 Å². The van der Waals surface area contributed by atoms with Crippen LogP contribution in [0.25, 0.3) is 0 Å². The van der Waals surface area contributed by atoms with E-state index in [-0.39, 0.29) is 6.54 Å². The molecule has 0 aliphatic heterocycles. The molecular weight excluding hydrogens is 320 g/mol. The quantitative estimate of drug-likeness (QED) is 0.721. The first-order chi connectivity index (χ1) is 11.9. The number of nitrogens with one attached hydrogen (secondary N) is 2. The molecule has 2 rings (SSSR count). The Kier molecular flexibility index (Phi) is 6.25. The number of amides is 2. The van der Waals surface area contributed by atoms with Crippen molar-refractivity contribution in [2.75, 3.05) is 26.1 Å². The van der Waals surface area contributed by atoms with E-state index in [1.165, 1.54) is 7.11 Å². The Balaban J connectivity index is 1.88. The van der Waals surface area contributed by atoms with E-state index in [2.05, 4.69) is 10.6 Å². The molecule has 6 nitrogen and oxygen atoms in total. The Labute approximate surface area is 147 Å². The lowest BCUT2D eigenvalue weighted by Crippen LogP contribution is -2.43. The van der Waals surface area contributed by atoms with E-state index in [1.807, 2.05) is 30.3 Å². The number of benzene rings is 2. The molecule has 2 amide bonds. The number of ether oxygens (including phenoxy) is 2. The summed E-state index contributed by atoms with van der Waals surface area (Å²) in [7, 11) is 3.15. The molecule has 3 N–H and O–H groups in total. The second-order valence-corrected chi connectivity index (χ2v) is 6.03. The van der Waals surface area contributed by atoms with E-state index in [4.69, 9.17) is 9.47 Å². The summed E-state index contributed by atoms with van der Waals surface area (Å²) in [5.41, 5.74) is 0.446. The van der Waals surface area contributed by atoms with Gasteiger partial charge in [-0.1, -0.05) is 24.3 Å². The van der Waals surface area contributed by atoms with Crippen molar-refractivity contribution in [1.29, 1.82) is 0 Å². The monoisotopic (exact) mass is 344 g/mol. The van der Waals surface area contributed by atoms with E-state index in [0.29, 0.717) is 17.9 Å². The van der Waals surface area contributed by atoms with Crippen LogP contribution in [0.15, 0.2) is 48.5 Å². The van der Waals surface area contributed by atoms with Gasteiger partial charge in [-0.25, -0.2) is 4.79 Å². The minimum atomic E-state index is -1.08. The van der Waals surface area contributed by atoms with Crippen LogP contribution in [0, 0.1) is 0 Å². The molecule has 25 heavy (non-hydrogen) atoms. The van der Waals surface area contributed by atoms with Crippen molar-refractivity contribution in [2.45, 2.75) is 18.9 Å². The second-order valence-electron chi connectivity index (χ2n) is 6.03. The molecule has 0 saturated carbocycles. The van der Waals surface area contributed by atoms with Crippen molar-refractivity contribution in [2.24, 2.45) is 0 Å². The highest BCUT2D eigenvalue weighted by atomic mass is 16.5. The number of rotatable bonds is 7. The van der Waals surface area contributed by atoms with Crippen LogP contribution in [-0.2, 0) is 6.42 Å². The van der Waals surface area contributed by atoms with Crippen molar-refractivity contribution in [3.63, 3.8) is 0 Å². The summed E-state index contributed by atoms with van der Waals surface area (Å²) in [5, 5.41) is 15.9. The van der Waals surface area contributed by atoms with E-state index in [0.717, 1.165) is 11.3 Å². The molecule has 6 heteroatoms. The molecular formula is C19H24N2O4. The predicted molar refractivity (Wildman–Crippen MR) is 97.3 cm³/mol. The first kappa shape index (κ1) is 18.6. The standard InChI is InChI=1S/C19H24N2O4/c1-19(23,12-14-8-10-15(24-2)11-9-14)13-20-18(22)21-16-6-4-5-7-17(16)25-3/h4-11,23H,12-13H2,1-3H3,(H2,20,21,22)/t19-/m1/s1. The molecule has 0 saturated heterocycles. The van der Waals surface area contributed by atoms with Crippen LogP contribution in [-0.4, -0.2) is 37.5 Å². The third-order valence-electron chi connectivity index (χ3n) is 3.73. The summed E-state index contributed by atoms with van der Waals surface area (Å²) in [6.07, 6.45) is 0.409. The predicted octanol–water partition coefficient (Wildman–Crippen LogP) is 2.82. The Morgan fingerprint density at radius 2 is 1.76 bits per heavy atom. The van der Waals surface area contributed by atoms with Crippen molar-refractivity contribution >= 4 is 11.7 Å². The SMILES string of the molecule is COc1ccc(C[C@@](C)(O)CNC(=O)Nc2ccccc2OC)cc1. The van der Waals surface area contributed by atoms with Gasteiger partial charge in [0.25, 0.3) is 0 Å². The van der Waals surface area contributed by atoms with Gasteiger partial charge in [-0.15, -0.1) is 0 Å². The highest BCUT2D eigenvalue weighted by molar-refractivity contribution is 5.90. The van der Waals surface area contributed by atoms with Gasteiger partial charge in [0, 0.05) is 13.0 Å². The van der Waals surface area contributed by atoms with Crippen molar-refractivity contribution < 1.29 is 19.4 Å². The average molecular weight is 344 g/mol. The zero-order valence-corrected chi connectivity index (χ0v) is 14.7. The second kappa shape index (κ2) is 8.39. The lowest BCUT2D eigenvalue weighted by Gasteiger charge is -2.24. The summed E-state index contributed by atoms with van der Waals surface area (Å²) in [5.74, 6) is 1.33. The summed E-state index contributed by atoms with van der Waals surface area (Å²) in [4.78, 5) is 12.1. The van der Waals surface area contributed by atoms with Crippen LogP contribution in [0.4, 0.5) is 10.5 Å². The average Bonchev–Trinajstić information content (AvgIpc) is 2.61. The third kappa shape index (κ3) is 5.69. The van der Waals surface area contributed by atoms with Gasteiger partial charge in [-0.05, 0) is 36.8 Å². The number of anilines is 1. The number of carbonyl (C=O) groups excluding carboxylic acids is 1. The van der Waals surface area contributed by atoms with Crippen LogP contribution < -0.4 is 20.1 Å². The molecule has 0 unspecified atom stereocenters. The molecule has 134 valence electrons. The lowest BCUT2D eigenvalue weighted by atomic mass is 9.96. The van der Waals surface area contributed by atoms with Gasteiger partial charge in [0.2, 0.25) is 0 Å². The van der Waals surface area contributed by atoms with E-state index in [1.54, 1.807) is 32.2 Å². The van der Waals surface area contributed by atoms with Crippen LogP contribution in [0.5, 0.6) is 11.5 Å². The number of methoxy groups -OCH3 is 2. The normalized spacial score (nSPS) is 12.8. The molecule has 0 aliphatic carbocycles. The molecule has 0 aliphatic rings. The Morgan fingerprint density at radius 3 is 2.40 bits per heavy atom. The van der Waals surface area contributed by atoms with Crippen molar-refractivity contribution in [3.05, 3.63) is 54.1 Å². The fraction of sp³-hybridized carbons (Fsp3) is 0.316. The van der Waals surface area contributed by atoms with Gasteiger partial charge >= 0.3 is 6.03 Å². The number of urea groups is 1. The first-order valence-corrected chi connectivity index (χ1v) is 7.97. The van der Waals surface area contributed by atoms with Crippen LogP contribution in [0.3, 0.4) is 0 Å². The molecule has 2 aromatic rings. The fourth-order valence-corrected chi connectivity index (χ4v) is 2.43. The van der Waals surface area contributed by atoms with Crippen molar-refractivity contribution in [1.82, 2.24) is 5.32 Å². The molecule has 0 spiro atoms. The topological polar surface area (TPSA) is 79.8 Å². The number of hydrogen-bond acceptors (Lipinski definition) is 4. The Bertz CT molecular complexity index is 699. The van der Waals surface area contributed by atoms with Gasteiger partial charge in [0.15, 0.2) is 0 Å². The molecule has 0 radical (unpaired) electrons. The van der Waals surface area contributed by atoms with Gasteiger partial charge < -0.3 is 25.2 Å². The Morgan fingerprint density at radius 1 is 1.08 bits per heavy atom. The maximum absolute atomic E-state index is 12.1. The minimum absolute atomic E-state index is 0.111. The van der Waals surface area contributed by atoms with Gasteiger partial charge in [0.05, 0.1) is 25.5 Å². The molecule has 2 aromatic carbocycles. The molecule has 0 heterocycles. The largest absolute Gasteiger partial charge is 0.497 e. The lowest BCUT2D eigenvalue weighted by molar-refractivity contribution is 0.0629. The van der Waals surface area contributed by atoms with Crippen LogP contribution >= 0.6 is 0 Å². The summed E-state index contributed by atoms with van der Waals surface area (Å²) < 4.78 is 10.3. The molecule has 0 bridgehead atoms. The van der Waals surface area contributed by atoms with Crippen LogP contribution in [0.1, 0.15) is 12.5 Å². The van der Waals surface area contributed by atoms with E-state index < -0.39 is 11.6 Å².